The Balaban J connectivity index is 3.11. The minimum Gasteiger partial charge on any atom is -0.509 e. The van der Waals surface area contributed by atoms with Crippen molar-refractivity contribution in [2.45, 2.75) is 13.0 Å². The highest BCUT2D eigenvalue weighted by molar-refractivity contribution is 6.00. The largest absolute Gasteiger partial charge is 0.509 e. The van der Waals surface area contributed by atoms with Gasteiger partial charge >= 0.3 is 0 Å². The molecule has 11 heavy (non-hydrogen) atoms. The van der Waals surface area contributed by atoms with Crippen LogP contribution in [0.15, 0.2) is 11.3 Å². The molecule has 0 spiro atoms. The molecule has 1 N–H and O–H groups in total. The molecule has 0 radical (unpaired) electrons. The second-order valence-electron chi connectivity index (χ2n) is 2.46. The summed E-state index contributed by atoms with van der Waals surface area (Å²) in [7, 11) is 1.55. The number of aliphatic hydroxyl groups excluding tert-OH is 1. The summed E-state index contributed by atoms with van der Waals surface area (Å²) in [6, 6.07) is 1.30. The van der Waals surface area contributed by atoms with Gasteiger partial charge in [0.05, 0.1) is 6.04 Å². The summed E-state index contributed by atoms with van der Waals surface area (Å²) in [6.45, 7) is 1.66. The quantitative estimate of drug-likeness (QED) is 0.538. The molecule has 1 unspecified atom stereocenters. The summed E-state index contributed by atoms with van der Waals surface area (Å²) in [5, 5.41) is 17.6. The summed E-state index contributed by atoms with van der Waals surface area (Å²) in [5.41, 5.74) is -0.139. The lowest BCUT2D eigenvalue weighted by atomic mass is 10.2. The van der Waals surface area contributed by atoms with Crippen molar-refractivity contribution in [3.63, 3.8) is 0 Å². The molecular weight excluding hydrogens is 144 g/mol. The van der Waals surface area contributed by atoms with E-state index >= 15 is 0 Å². The van der Waals surface area contributed by atoms with Crippen molar-refractivity contribution in [1.82, 2.24) is 4.90 Å². The normalized spacial score (nSPS) is 24.3. The van der Waals surface area contributed by atoms with Crippen LogP contribution in [0.1, 0.15) is 6.92 Å². The van der Waals surface area contributed by atoms with Gasteiger partial charge in [0.2, 0.25) is 0 Å². The van der Waals surface area contributed by atoms with Gasteiger partial charge in [0, 0.05) is 7.05 Å². The maximum absolute atomic E-state index is 11.0. The van der Waals surface area contributed by atoms with Crippen molar-refractivity contribution in [1.29, 1.82) is 5.26 Å². The lowest BCUT2D eigenvalue weighted by molar-refractivity contribution is -0.125. The highest BCUT2D eigenvalue weighted by Gasteiger charge is 2.33. The zero-order valence-electron chi connectivity index (χ0n) is 6.33. The third-order valence-corrected chi connectivity index (χ3v) is 1.88. The summed E-state index contributed by atoms with van der Waals surface area (Å²) in [5.74, 6) is -0.530. The fourth-order valence-electron chi connectivity index (χ4n) is 0.959. The topological polar surface area (TPSA) is 64.3 Å². The molecule has 0 aromatic heterocycles. The number of nitrogens with zero attached hydrogens (tertiary/aromatic N) is 2. The molecule has 0 saturated heterocycles. The van der Waals surface area contributed by atoms with Crippen molar-refractivity contribution in [3.05, 3.63) is 11.3 Å². The van der Waals surface area contributed by atoms with E-state index in [0.29, 0.717) is 0 Å². The van der Waals surface area contributed by atoms with Crippen molar-refractivity contribution < 1.29 is 9.90 Å². The lowest BCUT2D eigenvalue weighted by Gasteiger charge is -2.14. The number of hydrogen-bond donors (Lipinski definition) is 1. The molecule has 4 nitrogen and oxygen atoms in total. The Morgan fingerprint density at radius 2 is 2.27 bits per heavy atom. The summed E-state index contributed by atoms with van der Waals surface area (Å²) < 4.78 is 0. The van der Waals surface area contributed by atoms with Crippen LogP contribution in [0.2, 0.25) is 0 Å². The van der Waals surface area contributed by atoms with Crippen LogP contribution in [0.5, 0.6) is 0 Å². The Hall–Kier alpha value is -1.50. The zero-order chi connectivity index (χ0) is 8.59. The predicted molar refractivity (Wildman–Crippen MR) is 37.5 cm³/mol. The molecule has 58 valence electrons. The molecule has 4 heteroatoms. The van der Waals surface area contributed by atoms with Gasteiger partial charge in [0.25, 0.3) is 5.91 Å². The van der Waals surface area contributed by atoms with Crippen LogP contribution in [-0.2, 0) is 4.79 Å². The van der Waals surface area contributed by atoms with Gasteiger partial charge in [-0.2, -0.15) is 5.26 Å². The number of aliphatic hydroxyl groups is 1. The van der Waals surface area contributed by atoms with E-state index in [2.05, 4.69) is 0 Å². The molecule has 1 rings (SSSR count). The molecule has 0 saturated carbocycles. The van der Waals surface area contributed by atoms with Crippen LogP contribution in [0, 0.1) is 11.3 Å². The van der Waals surface area contributed by atoms with Crippen LogP contribution in [0.3, 0.4) is 0 Å². The predicted octanol–water partition coefficient (Wildman–Crippen LogP) is 0.183. The van der Waals surface area contributed by atoms with E-state index in [-0.39, 0.29) is 17.4 Å². The van der Waals surface area contributed by atoms with Crippen molar-refractivity contribution >= 4 is 5.91 Å². The number of nitriles is 1. The van der Waals surface area contributed by atoms with Gasteiger partial charge in [-0.15, -0.1) is 0 Å². The third kappa shape index (κ3) is 0.855. The number of carbonyl (C=O) groups excluding carboxylic acids is 1. The van der Waals surface area contributed by atoms with Gasteiger partial charge in [0.15, 0.2) is 5.57 Å². The molecule has 1 atom stereocenters. The number of hydrogen-bond acceptors (Lipinski definition) is 3. The van der Waals surface area contributed by atoms with Gasteiger partial charge in [0.1, 0.15) is 11.8 Å². The van der Waals surface area contributed by atoms with Crippen LogP contribution in [-0.4, -0.2) is 29.0 Å². The molecule has 0 aromatic rings. The standard InChI is InChI=1S/C7H8N2O2/c1-4-6(10)5(3-8)7(11)9(4)2/h4,10H,1-2H3. The molecule has 0 aromatic carbocycles. The molecule has 1 aliphatic heterocycles. The van der Waals surface area contributed by atoms with Gasteiger partial charge in [-0.25, -0.2) is 0 Å². The maximum atomic E-state index is 11.0. The second kappa shape index (κ2) is 2.27. The van der Waals surface area contributed by atoms with Gasteiger partial charge < -0.3 is 10.0 Å². The number of amides is 1. The molecular formula is C7H8N2O2. The first-order chi connectivity index (χ1) is 5.09. The zero-order valence-corrected chi connectivity index (χ0v) is 6.33. The Kier molecular flexibility index (Phi) is 1.57. The van der Waals surface area contributed by atoms with Crippen molar-refractivity contribution in [2.24, 2.45) is 0 Å². The van der Waals surface area contributed by atoms with E-state index in [0.717, 1.165) is 0 Å². The first-order valence-corrected chi connectivity index (χ1v) is 3.20. The van der Waals surface area contributed by atoms with E-state index < -0.39 is 5.91 Å². The first-order valence-electron chi connectivity index (χ1n) is 3.20. The fraction of sp³-hybridized carbons (Fsp3) is 0.429. The Morgan fingerprint density at radius 1 is 1.73 bits per heavy atom. The molecule has 1 amide bonds. The summed E-state index contributed by atoms with van der Waals surface area (Å²) in [6.07, 6.45) is 0. The molecule has 1 aliphatic rings. The summed E-state index contributed by atoms with van der Waals surface area (Å²) >= 11 is 0. The van der Waals surface area contributed by atoms with E-state index in [1.165, 1.54) is 4.90 Å². The maximum Gasteiger partial charge on any atom is 0.268 e. The average Bonchev–Trinajstić information content (AvgIpc) is 2.17. The fourth-order valence-corrected chi connectivity index (χ4v) is 0.959. The molecule has 1 heterocycles. The van der Waals surface area contributed by atoms with E-state index in [1.807, 2.05) is 0 Å². The third-order valence-electron chi connectivity index (χ3n) is 1.88. The number of rotatable bonds is 0. The number of carbonyl (C=O) groups is 1. The van der Waals surface area contributed by atoms with Crippen LogP contribution < -0.4 is 0 Å². The first kappa shape index (κ1) is 7.61. The minimum atomic E-state index is -0.405. The average molecular weight is 152 g/mol. The SMILES string of the molecule is CC1C(O)=C(C#N)C(=O)N1C. The van der Waals surface area contributed by atoms with E-state index in [9.17, 15) is 9.90 Å². The van der Waals surface area contributed by atoms with Crippen LogP contribution in [0.25, 0.3) is 0 Å². The van der Waals surface area contributed by atoms with Gasteiger partial charge in [-0.05, 0) is 6.92 Å². The Morgan fingerprint density at radius 3 is 2.45 bits per heavy atom. The highest BCUT2D eigenvalue weighted by atomic mass is 16.3. The van der Waals surface area contributed by atoms with E-state index in [1.54, 1.807) is 20.0 Å². The van der Waals surface area contributed by atoms with Gasteiger partial charge in [-0.3, -0.25) is 4.79 Å². The number of likely N-dealkylation sites (N-methyl/N-ethyl adjacent to an activating group) is 1. The van der Waals surface area contributed by atoms with E-state index in [4.69, 9.17) is 5.26 Å². The molecule has 0 bridgehead atoms. The molecule has 0 aliphatic carbocycles. The highest BCUT2D eigenvalue weighted by Crippen LogP contribution is 2.20. The smallest absolute Gasteiger partial charge is 0.268 e. The molecule has 0 fully saturated rings. The van der Waals surface area contributed by atoms with Crippen LogP contribution >= 0.6 is 0 Å². The van der Waals surface area contributed by atoms with Crippen LogP contribution in [0.4, 0.5) is 0 Å². The second-order valence-corrected chi connectivity index (χ2v) is 2.46. The Labute approximate surface area is 64.3 Å². The van der Waals surface area contributed by atoms with Crippen molar-refractivity contribution in [3.8, 4) is 6.07 Å². The minimum absolute atomic E-state index is 0.125. The lowest BCUT2D eigenvalue weighted by Crippen LogP contribution is -2.29. The van der Waals surface area contributed by atoms with Crippen molar-refractivity contribution in [2.75, 3.05) is 7.05 Å². The van der Waals surface area contributed by atoms with Gasteiger partial charge in [-0.1, -0.05) is 0 Å². The Bertz CT molecular complexity index is 275. The summed E-state index contributed by atoms with van der Waals surface area (Å²) in [4.78, 5) is 12.4. The monoisotopic (exact) mass is 152 g/mol.